The summed E-state index contributed by atoms with van der Waals surface area (Å²) in [6.45, 7) is 11.0. The van der Waals surface area contributed by atoms with E-state index in [4.69, 9.17) is 4.74 Å². The first-order valence-corrected chi connectivity index (χ1v) is 6.10. The minimum Gasteiger partial charge on any atom is -0.461 e. The molecule has 0 rings (SSSR count). The summed E-state index contributed by atoms with van der Waals surface area (Å²) < 4.78 is 4.93. The summed E-state index contributed by atoms with van der Waals surface area (Å²) in [6.07, 6.45) is 2.74. The third-order valence-corrected chi connectivity index (χ3v) is 1.94. The Morgan fingerprint density at radius 1 is 1.41 bits per heavy atom. The van der Waals surface area contributed by atoms with Crippen molar-refractivity contribution in [3.63, 3.8) is 0 Å². The summed E-state index contributed by atoms with van der Waals surface area (Å²) >= 11 is 0. The second-order valence-electron chi connectivity index (χ2n) is 4.53. The maximum Gasteiger partial charge on any atom is 0.358 e. The fourth-order valence-corrected chi connectivity index (χ4v) is 1.11. The molecule has 0 aromatic heterocycles. The number of hydrogen-bond acceptors (Lipinski definition) is 4. The van der Waals surface area contributed by atoms with E-state index in [1.165, 1.54) is 0 Å². The predicted molar refractivity (Wildman–Crippen MR) is 71.0 cm³/mol. The molecule has 0 atom stereocenters. The maximum absolute atomic E-state index is 11.6. The first-order valence-electron chi connectivity index (χ1n) is 6.10. The van der Waals surface area contributed by atoms with Crippen molar-refractivity contribution in [3.05, 3.63) is 11.6 Å². The van der Waals surface area contributed by atoms with Crippen LogP contribution < -0.4 is 5.43 Å². The van der Waals surface area contributed by atoms with Crippen molar-refractivity contribution in [2.45, 2.75) is 41.0 Å². The van der Waals surface area contributed by atoms with Gasteiger partial charge in [0.25, 0.3) is 0 Å². The molecule has 0 heterocycles. The molecule has 0 amide bonds. The largest absolute Gasteiger partial charge is 0.461 e. The first kappa shape index (κ1) is 15.7. The fraction of sp³-hybridized carbons (Fsp3) is 0.692. The number of ether oxygens (including phenoxy) is 1. The second-order valence-corrected chi connectivity index (χ2v) is 4.53. The normalized spacial score (nSPS) is 11.3. The van der Waals surface area contributed by atoms with E-state index in [0.717, 1.165) is 18.5 Å². The number of allylic oxidation sites excluding steroid dienone is 1. The average molecular weight is 240 g/mol. The third-order valence-electron chi connectivity index (χ3n) is 1.94. The van der Waals surface area contributed by atoms with Crippen molar-refractivity contribution in [1.82, 2.24) is 5.43 Å². The highest BCUT2D eigenvalue weighted by molar-refractivity contribution is 6.41. The number of rotatable bonds is 7. The molecular formula is C13H24N2O2. The van der Waals surface area contributed by atoms with Crippen LogP contribution >= 0.6 is 0 Å². The molecule has 0 unspecified atom stereocenters. The minimum atomic E-state index is -0.384. The molecule has 0 saturated carbocycles. The summed E-state index contributed by atoms with van der Waals surface area (Å²) in [5.41, 5.74) is 4.25. The Morgan fingerprint density at radius 2 is 2.06 bits per heavy atom. The molecule has 0 bridgehead atoms. The lowest BCUT2D eigenvalue weighted by atomic mass is 10.1. The molecular weight excluding hydrogens is 216 g/mol. The smallest absolute Gasteiger partial charge is 0.358 e. The van der Waals surface area contributed by atoms with Crippen molar-refractivity contribution >= 4 is 11.7 Å². The van der Waals surface area contributed by atoms with E-state index in [1.54, 1.807) is 13.0 Å². The minimum absolute atomic E-state index is 0.329. The number of hydrogen-bond donors (Lipinski definition) is 1. The number of carbonyl (C=O) groups is 1. The van der Waals surface area contributed by atoms with Crippen molar-refractivity contribution in [2.75, 3.05) is 13.2 Å². The Kier molecular flexibility index (Phi) is 8.11. The van der Waals surface area contributed by atoms with E-state index in [2.05, 4.69) is 24.4 Å². The van der Waals surface area contributed by atoms with Gasteiger partial charge in [-0.15, -0.1) is 0 Å². The molecule has 0 aliphatic rings. The van der Waals surface area contributed by atoms with E-state index in [-0.39, 0.29) is 5.97 Å². The van der Waals surface area contributed by atoms with Crippen LogP contribution in [0.15, 0.2) is 16.8 Å². The number of esters is 1. The number of hydrazone groups is 1. The van der Waals surface area contributed by atoms with Gasteiger partial charge in [0.05, 0.1) is 6.61 Å². The third kappa shape index (κ3) is 8.48. The Labute approximate surface area is 104 Å². The summed E-state index contributed by atoms with van der Waals surface area (Å²) in [5, 5.41) is 4.07. The van der Waals surface area contributed by atoms with Crippen LogP contribution in [-0.2, 0) is 9.53 Å². The van der Waals surface area contributed by atoms with Crippen molar-refractivity contribution in [2.24, 2.45) is 11.0 Å². The Morgan fingerprint density at radius 3 is 2.53 bits per heavy atom. The molecule has 17 heavy (non-hydrogen) atoms. The highest BCUT2D eigenvalue weighted by Crippen LogP contribution is 1.97. The van der Waals surface area contributed by atoms with E-state index >= 15 is 0 Å². The Balaban J connectivity index is 4.42. The van der Waals surface area contributed by atoms with Crippen LogP contribution in [0, 0.1) is 5.92 Å². The van der Waals surface area contributed by atoms with Crippen molar-refractivity contribution in [1.29, 1.82) is 0 Å². The monoisotopic (exact) mass is 240 g/mol. The van der Waals surface area contributed by atoms with Crippen LogP contribution in [-0.4, -0.2) is 24.8 Å². The lowest BCUT2D eigenvalue weighted by Gasteiger charge is -2.06. The van der Waals surface area contributed by atoms with Crippen LogP contribution in [0.5, 0.6) is 0 Å². The standard InChI is InChI=1S/C13H24N2O2/c1-6-17-13(16)12(9-11(4)5)15-14-8-7-10(2)3/h9-10,14H,6-8H2,1-5H3. The van der Waals surface area contributed by atoms with Gasteiger partial charge in [-0.1, -0.05) is 19.4 Å². The van der Waals surface area contributed by atoms with Gasteiger partial charge in [-0.05, 0) is 39.2 Å². The van der Waals surface area contributed by atoms with Crippen LogP contribution in [0.25, 0.3) is 0 Å². The molecule has 0 fully saturated rings. The van der Waals surface area contributed by atoms with Crippen molar-refractivity contribution < 1.29 is 9.53 Å². The topological polar surface area (TPSA) is 50.7 Å². The molecule has 1 N–H and O–H groups in total. The highest BCUT2D eigenvalue weighted by Gasteiger charge is 2.09. The van der Waals surface area contributed by atoms with Gasteiger partial charge in [0, 0.05) is 6.54 Å². The van der Waals surface area contributed by atoms with Gasteiger partial charge >= 0.3 is 5.97 Å². The molecule has 4 heteroatoms. The summed E-state index contributed by atoms with van der Waals surface area (Å²) in [5.74, 6) is 0.234. The SMILES string of the molecule is CCOC(=O)C(C=C(C)C)=NNCCC(C)C. The number of nitrogens with one attached hydrogen (secondary N) is 1. The predicted octanol–water partition coefficient (Wildman–Crippen LogP) is 2.51. The zero-order chi connectivity index (χ0) is 13.3. The molecule has 4 nitrogen and oxygen atoms in total. The number of carbonyl (C=O) groups excluding carboxylic acids is 1. The summed E-state index contributed by atoms with van der Waals surface area (Å²) in [7, 11) is 0. The zero-order valence-electron chi connectivity index (χ0n) is 11.5. The van der Waals surface area contributed by atoms with E-state index in [0.29, 0.717) is 18.2 Å². The van der Waals surface area contributed by atoms with Gasteiger partial charge in [0.1, 0.15) is 0 Å². The first-order chi connectivity index (χ1) is 7.97. The molecule has 0 aliphatic carbocycles. The van der Waals surface area contributed by atoms with E-state index in [1.807, 2.05) is 13.8 Å². The van der Waals surface area contributed by atoms with E-state index < -0.39 is 0 Å². The maximum atomic E-state index is 11.6. The van der Waals surface area contributed by atoms with Crippen LogP contribution in [0.2, 0.25) is 0 Å². The van der Waals surface area contributed by atoms with E-state index in [9.17, 15) is 4.79 Å². The van der Waals surface area contributed by atoms with Crippen molar-refractivity contribution in [3.8, 4) is 0 Å². The van der Waals surface area contributed by atoms with Gasteiger partial charge in [0.2, 0.25) is 0 Å². The lowest BCUT2D eigenvalue weighted by molar-refractivity contribution is -0.134. The molecule has 0 spiro atoms. The summed E-state index contributed by atoms with van der Waals surface area (Å²) in [4.78, 5) is 11.6. The second kappa shape index (κ2) is 8.79. The van der Waals surface area contributed by atoms with Crippen LogP contribution in [0.1, 0.15) is 41.0 Å². The molecule has 0 aromatic rings. The average Bonchev–Trinajstić information content (AvgIpc) is 2.22. The van der Waals surface area contributed by atoms with Crippen LogP contribution in [0.3, 0.4) is 0 Å². The van der Waals surface area contributed by atoms with Crippen LogP contribution in [0.4, 0.5) is 0 Å². The quantitative estimate of drug-likeness (QED) is 0.322. The Bertz CT molecular complexity index is 290. The van der Waals surface area contributed by atoms with Gasteiger partial charge < -0.3 is 10.2 Å². The fourth-order valence-electron chi connectivity index (χ4n) is 1.11. The molecule has 98 valence electrons. The van der Waals surface area contributed by atoms with Gasteiger partial charge in [0.15, 0.2) is 5.71 Å². The molecule has 0 aromatic carbocycles. The number of nitrogens with zero attached hydrogens (tertiary/aromatic N) is 1. The molecule has 0 aliphatic heterocycles. The van der Waals surface area contributed by atoms with Gasteiger partial charge in [-0.2, -0.15) is 5.10 Å². The highest BCUT2D eigenvalue weighted by atomic mass is 16.5. The zero-order valence-corrected chi connectivity index (χ0v) is 11.5. The lowest BCUT2D eigenvalue weighted by Crippen LogP contribution is -2.21. The van der Waals surface area contributed by atoms with Gasteiger partial charge in [-0.25, -0.2) is 4.79 Å². The summed E-state index contributed by atoms with van der Waals surface area (Å²) in [6, 6.07) is 0. The molecule has 0 saturated heterocycles. The van der Waals surface area contributed by atoms with Gasteiger partial charge in [-0.3, -0.25) is 0 Å². The Hall–Kier alpha value is -1.32. The molecule has 0 radical (unpaired) electrons.